The number of amides is 1. The van der Waals surface area contributed by atoms with Gasteiger partial charge in [-0.25, -0.2) is 9.37 Å². The molecule has 17 heavy (non-hydrogen) atoms. The Morgan fingerprint density at radius 2 is 2.35 bits per heavy atom. The number of aromatic nitrogens is 1. The fourth-order valence-electron chi connectivity index (χ4n) is 2.16. The van der Waals surface area contributed by atoms with Gasteiger partial charge in [0.2, 0.25) is 0 Å². The second-order valence-electron chi connectivity index (χ2n) is 4.49. The summed E-state index contributed by atoms with van der Waals surface area (Å²) in [6.07, 6.45) is 2.66. The number of hydrogen-bond donors (Lipinski definition) is 1. The maximum absolute atomic E-state index is 12.7. The molecule has 1 aliphatic rings. The predicted molar refractivity (Wildman–Crippen MR) is 61.9 cm³/mol. The molecule has 1 aromatic heterocycles. The Morgan fingerprint density at radius 1 is 1.59 bits per heavy atom. The van der Waals surface area contributed by atoms with E-state index in [1.807, 2.05) is 6.92 Å². The van der Waals surface area contributed by atoms with Gasteiger partial charge in [0.15, 0.2) is 0 Å². The van der Waals surface area contributed by atoms with Crippen LogP contribution in [0.3, 0.4) is 0 Å². The van der Waals surface area contributed by atoms with E-state index in [9.17, 15) is 9.18 Å². The van der Waals surface area contributed by atoms with E-state index in [0.717, 1.165) is 19.0 Å². The SMILES string of the molecule is CC1CC(N)CCN1C(=O)c1ccc(F)cn1. The molecule has 1 fully saturated rings. The lowest BCUT2D eigenvalue weighted by atomic mass is 9.99. The molecule has 0 saturated carbocycles. The minimum atomic E-state index is -0.435. The summed E-state index contributed by atoms with van der Waals surface area (Å²) in [4.78, 5) is 17.7. The molecule has 0 aromatic carbocycles. The van der Waals surface area contributed by atoms with E-state index in [-0.39, 0.29) is 23.7 Å². The number of hydrogen-bond acceptors (Lipinski definition) is 3. The third kappa shape index (κ3) is 2.61. The fourth-order valence-corrected chi connectivity index (χ4v) is 2.16. The molecule has 0 bridgehead atoms. The van der Waals surface area contributed by atoms with Gasteiger partial charge in [0, 0.05) is 18.6 Å². The predicted octanol–water partition coefficient (Wildman–Crippen LogP) is 1.17. The van der Waals surface area contributed by atoms with Crippen molar-refractivity contribution in [2.75, 3.05) is 6.54 Å². The zero-order valence-corrected chi connectivity index (χ0v) is 9.77. The van der Waals surface area contributed by atoms with E-state index in [2.05, 4.69) is 4.98 Å². The standard InChI is InChI=1S/C12H16FN3O/c1-8-6-10(14)4-5-16(8)12(17)11-3-2-9(13)7-15-11/h2-3,7-8,10H,4-6,14H2,1H3. The highest BCUT2D eigenvalue weighted by atomic mass is 19.1. The van der Waals surface area contributed by atoms with Crippen molar-refractivity contribution in [3.63, 3.8) is 0 Å². The Balaban J connectivity index is 2.12. The first kappa shape index (κ1) is 12.0. The summed E-state index contributed by atoms with van der Waals surface area (Å²) in [5.74, 6) is -0.584. The van der Waals surface area contributed by atoms with E-state index in [4.69, 9.17) is 5.73 Å². The van der Waals surface area contributed by atoms with Gasteiger partial charge in [-0.3, -0.25) is 4.79 Å². The van der Waals surface area contributed by atoms with Crippen LogP contribution in [0.15, 0.2) is 18.3 Å². The molecule has 92 valence electrons. The molecule has 1 aromatic rings. The first-order chi connectivity index (χ1) is 8.08. The molecule has 1 aliphatic heterocycles. The summed E-state index contributed by atoms with van der Waals surface area (Å²) >= 11 is 0. The van der Waals surface area contributed by atoms with Crippen LogP contribution in [0, 0.1) is 5.82 Å². The van der Waals surface area contributed by atoms with E-state index in [1.165, 1.54) is 12.1 Å². The number of nitrogens with two attached hydrogens (primary N) is 1. The highest BCUT2D eigenvalue weighted by Gasteiger charge is 2.28. The highest BCUT2D eigenvalue weighted by Crippen LogP contribution is 2.18. The van der Waals surface area contributed by atoms with Crippen LogP contribution in [-0.2, 0) is 0 Å². The van der Waals surface area contributed by atoms with Crippen molar-refractivity contribution in [1.82, 2.24) is 9.88 Å². The van der Waals surface area contributed by atoms with Gasteiger partial charge >= 0.3 is 0 Å². The van der Waals surface area contributed by atoms with Crippen LogP contribution in [-0.4, -0.2) is 34.4 Å². The van der Waals surface area contributed by atoms with Crippen LogP contribution in [0.2, 0.25) is 0 Å². The number of rotatable bonds is 1. The number of piperidine rings is 1. The average Bonchev–Trinajstić information content (AvgIpc) is 2.29. The summed E-state index contributed by atoms with van der Waals surface area (Å²) in [7, 11) is 0. The van der Waals surface area contributed by atoms with Gasteiger partial charge in [-0.05, 0) is 31.9 Å². The van der Waals surface area contributed by atoms with Gasteiger partial charge < -0.3 is 10.6 Å². The molecule has 1 saturated heterocycles. The van der Waals surface area contributed by atoms with Crippen LogP contribution in [0.5, 0.6) is 0 Å². The molecular weight excluding hydrogens is 221 g/mol. The minimum absolute atomic E-state index is 0.109. The van der Waals surface area contributed by atoms with Gasteiger partial charge in [-0.2, -0.15) is 0 Å². The van der Waals surface area contributed by atoms with E-state index >= 15 is 0 Å². The number of nitrogens with zero attached hydrogens (tertiary/aromatic N) is 2. The molecule has 2 unspecified atom stereocenters. The summed E-state index contributed by atoms with van der Waals surface area (Å²) in [5.41, 5.74) is 6.13. The lowest BCUT2D eigenvalue weighted by Gasteiger charge is -2.36. The van der Waals surface area contributed by atoms with Crippen LogP contribution in [0.1, 0.15) is 30.3 Å². The third-order valence-electron chi connectivity index (χ3n) is 3.12. The second kappa shape index (κ2) is 4.79. The Kier molecular flexibility index (Phi) is 3.38. The van der Waals surface area contributed by atoms with E-state index < -0.39 is 5.82 Å². The van der Waals surface area contributed by atoms with Crippen molar-refractivity contribution < 1.29 is 9.18 Å². The fraction of sp³-hybridized carbons (Fsp3) is 0.500. The molecule has 0 spiro atoms. The van der Waals surface area contributed by atoms with Crippen molar-refractivity contribution in [1.29, 1.82) is 0 Å². The average molecular weight is 237 g/mol. The molecule has 0 radical (unpaired) electrons. The number of carbonyl (C=O) groups is 1. The molecule has 1 amide bonds. The monoisotopic (exact) mass is 237 g/mol. The first-order valence-corrected chi connectivity index (χ1v) is 5.76. The smallest absolute Gasteiger partial charge is 0.272 e. The molecule has 5 heteroatoms. The minimum Gasteiger partial charge on any atom is -0.334 e. The van der Waals surface area contributed by atoms with Gasteiger partial charge in [-0.1, -0.05) is 0 Å². The number of pyridine rings is 1. The van der Waals surface area contributed by atoms with Crippen LogP contribution in [0.25, 0.3) is 0 Å². The first-order valence-electron chi connectivity index (χ1n) is 5.76. The zero-order chi connectivity index (χ0) is 12.4. The summed E-state index contributed by atoms with van der Waals surface area (Å²) in [6.45, 7) is 2.61. The Labute approximate surface area is 99.6 Å². The van der Waals surface area contributed by atoms with Crippen molar-refractivity contribution in [3.8, 4) is 0 Å². The Morgan fingerprint density at radius 3 is 2.94 bits per heavy atom. The maximum atomic E-state index is 12.7. The quantitative estimate of drug-likeness (QED) is 0.797. The number of carbonyl (C=O) groups excluding carboxylic acids is 1. The molecule has 2 N–H and O–H groups in total. The molecular formula is C12H16FN3O. The molecule has 4 nitrogen and oxygen atoms in total. The highest BCUT2D eigenvalue weighted by molar-refractivity contribution is 5.92. The van der Waals surface area contributed by atoms with Crippen LogP contribution < -0.4 is 5.73 Å². The molecule has 2 atom stereocenters. The zero-order valence-electron chi connectivity index (χ0n) is 9.77. The van der Waals surface area contributed by atoms with Gasteiger partial charge in [0.25, 0.3) is 5.91 Å². The van der Waals surface area contributed by atoms with Crippen molar-refractivity contribution in [2.24, 2.45) is 5.73 Å². The molecule has 0 aliphatic carbocycles. The molecule has 2 heterocycles. The van der Waals surface area contributed by atoms with Gasteiger partial charge in [0.05, 0.1) is 6.20 Å². The summed E-state index contributed by atoms with van der Waals surface area (Å²) in [6, 6.07) is 2.94. The van der Waals surface area contributed by atoms with E-state index in [1.54, 1.807) is 4.90 Å². The lowest BCUT2D eigenvalue weighted by Crippen LogP contribution is -2.48. The number of likely N-dealkylation sites (tertiary alicyclic amines) is 1. The van der Waals surface area contributed by atoms with E-state index in [0.29, 0.717) is 6.54 Å². The topological polar surface area (TPSA) is 59.2 Å². The maximum Gasteiger partial charge on any atom is 0.272 e. The Bertz CT molecular complexity index is 407. The number of halogens is 1. The molecule has 2 rings (SSSR count). The van der Waals surface area contributed by atoms with Gasteiger partial charge in [-0.15, -0.1) is 0 Å². The third-order valence-corrected chi connectivity index (χ3v) is 3.12. The van der Waals surface area contributed by atoms with Crippen molar-refractivity contribution >= 4 is 5.91 Å². The van der Waals surface area contributed by atoms with Crippen LogP contribution >= 0.6 is 0 Å². The lowest BCUT2D eigenvalue weighted by molar-refractivity contribution is 0.0613. The summed E-state index contributed by atoms with van der Waals surface area (Å²) < 4.78 is 12.7. The van der Waals surface area contributed by atoms with Crippen molar-refractivity contribution in [2.45, 2.75) is 31.8 Å². The Hall–Kier alpha value is -1.49. The largest absolute Gasteiger partial charge is 0.334 e. The normalized spacial score (nSPS) is 24.8. The van der Waals surface area contributed by atoms with Gasteiger partial charge in [0.1, 0.15) is 11.5 Å². The van der Waals surface area contributed by atoms with Crippen molar-refractivity contribution in [3.05, 3.63) is 29.8 Å². The summed E-state index contributed by atoms with van der Waals surface area (Å²) in [5, 5.41) is 0. The second-order valence-corrected chi connectivity index (χ2v) is 4.49. The van der Waals surface area contributed by atoms with Crippen LogP contribution in [0.4, 0.5) is 4.39 Å².